The Balaban J connectivity index is 0.000000220. The van der Waals surface area contributed by atoms with Crippen molar-refractivity contribution in [3.05, 3.63) is 44.5 Å². The lowest BCUT2D eigenvalue weighted by Crippen LogP contribution is -2.02. The van der Waals surface area contributed by atoms with Crippen molar-refractivity contribution in [2.24, 2.45) is 0 Å². The van der Waals surface area contributed by atoms with E-state index in [4.69, 9.17) is 30.6 Å². The zero-order valence-electron chi connectivity index (χ0n) is 10.9. The second kappa shape index (κ2) is 7.15. The molecule has 0 fully saturated rings. The highest BCUT2D eigenvalue weighted by Gasteiger charge is 2.10. The largest absolute Gasteiger partial charge is 0.502 e. The third-order valence-electron chi connectivity index (χ3n) is 2.34. The molecule has 0 saturated heterocycles. The highest BCUT2D eigenvalue weighted by atomic mass is 16.4. The predicted molar refractivity (Wildman–Crippen MR) is 68.5 cm³/mol. The monoisotopic (exact) mass is 316 g/mol. The van der Waals surface area contributed by atoms with Crippen LogP contribution < -0.4 is 10.9 Å². The standard InChI is InChI=1S/2C6H6O5/c2*7-1-4-6(10)5(9)3(8)2-11-4/h2*2,7-8,10H,1H2. The first kappa shape index (κ1) is 17.1. The van der Waals surface area contributed by atoms with Gasteiger partial charge in [0.05, 0.1) is 0 Å². The molecule has 0 aromatic carbocycles. The van der Waals surface area contributed by atoms with Crippen LogP contribution in [0.15, 0.2) is 30.9 Å². The third-order valence-corrected chi connectivity index (χ3v) is 2.34. The number of aromatic hydroxyl groups is 4. The molecule has 0 atom stereocenters. The maximum absolute atomic E-state index is 10.7. The quantitative estimate of drug-likeness (QED) is 0.405. The molecule has 0 unspecified atom stereocenters. The lowest BCUT2D eigenvalue weighted by molar-refractivity contribution is 0.229. The Morgan fingerprint density at radius 1 is 0.727 bits per heavy atom. The van der Waals surface area contributed by atoms with Gasteiger partial charge in [0.1, 0.15) is 25.7 Å². The average Bonchev–Trinajstić information content (AvgIpc) is 2.51. The topological polar surface area (TPSA) is 182 Å². The van der Waals surface area contributed by atoms with E-state index in [1.165, 1.54) is 0 Å². The molecular formula is C12H12O10. The first-order valence-electron chi connectivity index (χ1n) is 5.60. The number of rotatable bonds is 2. The predicted octanol–water partition coefficient (Wildman–Crippen LogP) is -0.913. The van der Waals surface area contributed by atoms with Gasteiger partial charge in [-0.15, -0.1) is 0 Å². The van der Waals surface area contributed by atoms with Crippen molar-refractivity contribution in [1.29, 1.82) is 0 Å². The van der Waals surface area contributed by atoms with Crippen LogP contribution in [-0.2, 0) is 13.2 Å². The van der Waals surface area contributed by atoms with Crippen molar-refractivity contribution in [3.8, 4) is 23.0 Å². The molecule has 22 heavy (non-hydrogen) atoms. The van der Waals surface area contributed by atoms with Gasteiger partial charge in [-0.25, -0.2) is 0 Å². The van der Waals surface area contributed by atoms with E-state index in [0.717, 1.165) is 12.5 Å². The van der Waals surface area contributed by atoms with E-state index in [-0.39, 0.29) is 11.5 Å². The van der Waals surface area contributed by atoms with Gasteiger partial charge in [-0.05, 0) is 0 Å². The van der Waals surface area contributed by atoms with Crippen LogP contribution in [0.3, 0.4) is 0 Å². The highest BCUT2D eigenvalue weighted by Crippen LogP contribution is 2.15. The van der Waals surface area contributed by atoms with Crippen LogP contribution in [0.5, 0.6) is 23.0 Å². The molecule has 2 rings (SSSR count). The van der Waals surface area contributed by atoms with Crippen LogP contribution in [0.4, 0.5) is 0 Å². The molecule has 0 aliphatic carbocycles. The van der Waals surface area contributed by atoms with Crippen LogP contribution in [0.25, 0.3) is 0 Å². The van der Waals surface area contributed by atoms with E-state index < -0.39 is 47.1 Å². The molecule has 6 N–H and O–H groups in total. The van der Waals surface area contributed by atoms with Gasteiger partial charge in [0, 0.05) is 0 Å². The molecule has 120 valence electrons. The Labute approximate surface area is 121 Å². The van der Waals surface area contributed by atoms with Crippen LogP contribution in [0, 0.1) is 0 Å². The Morgan fingerprint density at radius 3 is 1.32 bits per heavy atom. The molecule has 0 amide bonds. The average molecular weight is 316 g/mol. The van der Waals surface area contributed by atoms with Gasteiger partial charge >= 0.3 is 0 Å². The molecule has 0 aliphatic heterocycles. The highest BCUT2D eigenvalue weighted by molar-refractivity contribution is 5.30. The van der Waals surface area contributed by atoms with Crippen LogP contribution in [0.1, 0.15) is 11.5 Å². The van der Waals surface area contributed by atoms with E-state index in [9.17, 15) is 9.59 Å². The summed E-state index contributed by atoms with van der Waals surface area (Å²) in [5, 5.41) is 52.0. The van der Waals surface area contributed by atoms with Crippen molar-refractivity contribution in [2.75, 3.05) is 0 Å². The summed E-state index contributed by atoms with van der Waals surface area (Å²) in [6, 6.07) is 0. The third kappa shape index (κ3) is 3.56. The minimum Gasteiger partial charge on any atom is -0.502 e. The van der Waals surface area contributed by atoms with Gasteiger partial charge < -0.3 is 39.5 Å². The molecule has 10 nitrogen and oxygen atoms in total. The van der Waals surface area contributed by atoms with Gasteiger partial charge in [0.25, 0.3) is 10.9 Å². The van der Waals surface area contributed by atoms with Gasteiger partial charge in [-0.3, -0.25) is 9.59 Å². The first-order chi connectivity index (χ1) is 10.3. The summed E-state index contributed by atoms with van der Waals surface area (Å²) < 4.78 is 8.94. The lowest BCUT2D eigenvalue weighted by atomic mass is 10.3. The molecule has 0 saturated carbocycles. The molecule has 0 radical (unpaired) electrons. The molecule has 2 aromatic rings. The zero-order chi connectivity index (χ0) is 16.9. The number of hydrogen-bond donors (Lipinski definition) is 6. The summed E-state index contributed by atoms with van der Waals surface area (Å²) in [5.74, 6) is -3.39. The Kier molecular flexibility index (Phi) is 5.55. The molecule has 0 bridgehead atoms. The molecular weight excluding hydrogens is 304 g/mol. The summed E-state index contributed by atoms with van der Waals surface area (Å²) >= 11 is 0. The van der Waals surface area contributed by atoms with Crippen LogP contribution in [-0.4, -0.2) is 30.6 Å². The van der Waals surface area contributed by atoms with E-state index in [1.54, 1.807) is 0 Å². The van der Waals surface area contributed by atoms with Gasteiger partial charge in [0.15, 0.2) is 11.5 Å². The summed E-state index contributed by atoms with van der Waals surface area (Å²) in [4.78, 5) is 21.4. The minimum atomic E-state index is -0.944. The number of aliphatic hydroxyl groups is 2. The van der Waals surface area contributed by atoms with Crippen molar-refractivity contribution in [1.82, 2.24) is 0 Å². The maximum atomic E-state index is 10.7. The van der Waals surface area contributed by atoms with Crippen molar-refractivity contribution >= 4 is 0 Å². The van der Waals surface area contributed by atoms with E-state index in [0.29, 0.717) is 0 Å². The molecule has 2 aromatic heterocycles. The Hall–Kier alpha value is -2.98. The summed E-state index contributed by atoms with van der Waals surface area (Å²) in [6.07, 6.45) is 1.52. The van der Waals surface area contributed by atoms with Gasteiger partial charge in [-0.2, -0.15) is 0 Å². The second-order valence-electron chi connectivity index (χ2n) is 3.76. The zero-order valence-corrected chi connectivity index (χ0v) is 10.9. The number of hydrogen-bond acceptors (Lipinski definition) is 10. The van der Waals surface area contributed by atoms with Crippen molar-refractivity contribution < 1.29 is 39.5 Å². The van der Waals surface area contributed by atoms with Crippen molar-refractivity contribution in [3.63, 3.8) is 0 Å². The molecule has 0 aliphatic rings. The van der Waals surface area contributed by atoms with Crippen molar-refractivity contribution in [2.45, 2.75) is 13.2 Å². The fourth-order valence-corrected chi connectivity index (χ4v) is 1.19. The molecule has 2 heterocycles. The second-order valence-corrected chi connectivity index (χ2v) is 3.76. The van der Waals surface area contributed by atoms with E-state index >= 15 is 0 Å². The van der Waals surface area contributed by atoms with E-state index in [1.807, 2.05) is 0 Å². The van der Waals surface area contributed by atoms with Gasteiger partial charge in [-0.1, -0.05) is 0 Å². The van der Waals surface area contributed by atoms with Crippen LogP contribution in [0.2, 0.25) is 0 Å². The Morgan fingerprint density at radius 2 is 1.05 bits per heavy atom. The normalized spacial score (nSPS) is 9.91. The fourth-order valence-electron chi connectivity index (χ4n) is 1.19. The fraction of sp³-hybridized carbons (Fsp3) is 0.167. The lowest BCUT2D eigenvalue weighted by Gasteiger charge is -1.97. The van der Waals surface area contributed by atoms with E-state index in [2.05, 4.69) is 8.83 Å². The molecule has 10 heteroatoms. The summed E-state index contributed by atoms with van der Waals surface area (Å²) in [7, 11) is 0. The smallest absolute Gasteiger partial charge is 0.268 e. The molecule has 0 spiro atoms. The minimum absolute atomic E-state index is 0.257. The Bertz CT molecular complexity index is 692. The van der Waals surface area contributed by atoms with Crippen LogP contribution >= 0.6 is 0 Å². The first-order valence-corrected chi connectivity index (χ1v) is 5.60. The van der Waals surface area contributed by atoms with Gasteiger partial charge in [0.2, 0.25) is 23.0 Å². The number of aliphatic hydroxyl groups excluding tert-OH is 2. The summed E-state index contributed by atoms with van der Waals surface area (Å²) in [5.41, 5.74) is -1.89. The SMILES string of the molecule is O=c1c(O)coc(CO)c1O.O=c1c(O)coc(CO)c1O. The maximum Gasteiger partial charge on any atom is 0.268 e. The summed E-state index contributed by atoms with van der Waals surface area (Å²) in [6.45, 7) is -1.16.